The van der Waals surface area contributed by atoms with Crippen LogP contribution in [0.2, 0.25) is 5.02 Å². The molecule has 0 atom stereocenters. The minimum atomic E-state index is -0.163. The summed E-state index contributed by atoms with van der Waals surface area (Å²) in [7, 11) is 1.62. The van der Waals surface area contributed by atoms with Gasteiger partial charge in [0.05, 0.1) is 12.9 Å². The van der Waals surface area contributed by atoms with E-state index in [0.29, 0.717) is 27.4 Å². The second kappa shape index (κ2) is 11.9. The first-order chi connectivity index (χ1) is 18.6. The second-order valence-electron chi connectivity index (χ2n) is 8.12. The van der Waals surface area contributed by atoms with Crippen molar-refractivity contribution < 1.29 is 14.3 Å². The summed E-state index contributed by atoms with van der Waals surface area (Å²) in [6.07, 6.45) is 0. The van der Waals surface area contributed by atoms with Crippen molar-refractivity contribution in [2.24, 2.45) is 0 Å². The maximum absolute atomic E-state index is 12.8. The fraction of sp³-hybridized carbons (Fsp3) is 0.0690. The summed E-state index contributed by atoms with van der Waals surface area (Å²) >= 11 is 7.38. The number of nitrogens with zero attached hydrogens (tertiary/aromatic N) is 3. The van der Waals surface area contributed by atoms with Crippen LogP contribution in [0, 0.1) is 0 Å². The summed E-state index contributed by atoms with van der Waals surface area (Å²) < 4.78 is 13.0. The third kappa shape index (κ3) is 6.16. The molecule has 1 aromatic heterocycles. The molecule has 1 amide bonds. The predicted octanol–water partition coefficient (Wildman–Crippen LogP) is 7.12. The first kappa shape index (κ1) is 25.4. The number of methoxy groups -OCH3 is 1. The average Bonchev–Trinajstić information content (AvgIpc) is 3.38. The zero-order valence-electron chi connectivity index (χ0n) is 20.4. The Labute approximate surface area is 229 Å². The number of thioether (sulfide) groups is 1. The Balaban J connectivity index is 1.29. The number of carbonyl (C=O) groups is 1. The normalized spacial score (nSPS) is 10.7. The Morgan fingerprint density at radius 1 is 0.842 bits per heavy atom. The van der Waals surface area contributed by atoms with Crippen LogP contribution in [0.5, 0.6) is 17.2 Å². The van der Waals surface area contributed by atoms with Gasteiger partial charge in [-0.1, -0.05) is 41.6 Å². The molecular formula is C29H23ClN4O3S. The number of para-hydroxylation sites is 1. The minimum absolute atomic E-state index is 0.150. The highest BCUT2D eigenvalue weighted by atomic mass is 35.5. The van der Waals surface area contributed by atoms with Crippen LogP contribution in [0.1, 0.15) is 0 Å². The number of carbonyl (C=O) groups excluding carboxylic acids is 1. The molecule has 4 aromatic carbocycles. The van der Waals surface area contributed by atoms with Gasteiger partial charge in [0.2, 0.25) is 5.91 Å². The number of anilines is 1. The van der Waals surface area contributed by atoms with Gasteiger partial charge in [-0.3, -0.25) is 9.36 Å². The number of aromatic nitrogens is 3. The number of rotatable bonds is 9. The third-order valence-corrected chi connectivity index (χ3v) is 6.70. The highest BCUT2D eigenvalue weighted by molar-refractivity contribution is 7.99. The van der Waals surface area contributed by atoms with Gasteiger partial charge < -0.3 is 14.8 Å². The Bertz CT molecular complexity index is 1510. The lowest BCUT2D eigenvalue weighted by Gasteiger charge is -2.11. The van der Waals surface area contributed by atoms with E-state index >= 15 is 0 Å². The van der Waals surface area contributed by atoms with E-state index in [1.165, 1.54) is 11.8 Å². The Hall–Kier alpha value is -4.27. The molecule has 0 bridgehead atoms. The molecule has 0 radical (unpaired) electrons. The van der Waals surface area contributed by atoms with Crippen LogP contribution < -0.4 is 14.8 Å². The van der Waals surface area contributed by atoms with Gasteiger partial charge in [0, 0.05) is 22.0 Å². The lowest BCUT2D eigenvalue weighted by atomic mass is 10.2. The molecule has 0 aliphatic carbocycles. The highest BCUT2D eigenvalue weighted by Gasteiger charge is 2.18. The molecule has 9 heteroatoms. The fourth-order valence-corrected chi connectivity index (χ4v) is 4.55. The van der Waals surface area contributed by atoms with Gasteiger partial charge in [-0.05, 0) is 84.9 Å². The van der Waals surface area contributed by atoms with Crippen molar-refractivity contribution in [1.29, 1.82) is 0 Å². The monoisotopic (exact) mass is 542 g/mol. The van der Waals surface area contributed by atoms with Gasteiger partial charge in [0.25, 0.3) is 0 Å². The van der Waals surface area contributed by atoms with Crippen LogP contribution in [0.4, 0.5) is 5.69 Å². The minimum Gasteiger partial charge on any atom is -0.497 e. The van der Waals surface area contributed by atoms with Crippen molar-refractivity contribution in [1.82, 2.24) is 14.8 Å². The Morgan fingerprint density at radius 3 is 2.18 bits per heavy atom. The zero-order chi connectivity index (χ0) is 26.3. The SMILES string of the molecule is COc1ccc(-n2c(SCC(=O)Nc3ccc(Oc4ccccc4)cc3)nnc2-c2ccc(Cl)cc2)cc1. The molecule has 0 aliphatic rings. The van der Waals surface area contributed by atoms with Crippen LogP contribution in [-0.4, -0.2) is 33.5 Å². The average molecular weight is 543 g/mol. The number of hydrogen-bond donors (Lipinski definition) is 1. The largest absolute Gasteiger partial charge is 0.497 e. The van der Waals surface area contributed by atoms with Crippen molar-refractivity contribution in [3.05, 3.63) is 108 Å². The molecule has 0 saturated carbocycles. The Morgan fingerprint density at radius 2 is 1.50 bits per heavy atom. The number of amides is 1. The summed E-state index contributed by atoms with van der Waals surface area (Å²) in [4.78, 5) is 12.8. The molecule has 5 rings (SSSR count). The van der Waals surface area contributed by atoms with Gasteiger partial charge in [-0.2, -0.15) is 0 Å². The van der Waals surface area contributed by atoms with Gasteiger partial charge in [-0.25, -0.2) is 0 Å². The van der Waals surface area contributed by atoms with Gasteiger partial charge in [-0.15, -0.1) is 10.2 Å². The van der Waals surface area contributed by atoms with E-state index in [-0.39, 0.29) is 11.7 Å². The molecule has 5 aromatic rings. The van der Waals surface area contributed by atoms with Gasteiger partial charge in [0.15, 0.2) is 11.0 Å². The van der Waals surface area contributed by atoms with E-state index < -0.39 is 0 Å². The number of nitrogens with one attached hydrogen (secondary N) is 1. The number of ether oxygens (including phenoxy) is 2. The van der Waals surface area contributed by atoms with E-state index in [1.54, 1.807) is 31.4 Å². The van der Waals surface area contributed by atoms with Crippen molar-refractivity contribution in [2.45, 2.75) is 5.16 Å². The van der Waals surface area contributed by atoms with Crippen molar-refractivity contribution in [3.63, 3.8) is 0 Å². The summed E-state index contributed by atoms with van der Waals surface area (Å²) in [6, 6.07) is 31.7. The molecular weight excluding hydrogens is 520 g/mol. The van der Waals surface area contributed by atoms with Crippen molar-refractivity contribution in [2.75, 3.05) is 18.2 Å². The molecule has 1 N–H and O–H groups in total. The second-order valence-corrected chi connectivity index (χ2v) is 9.50. The van der Waals surface area contributed by atoms with Gasteiger partial charge >= 0.3 is 0 Å². The van der Waals surface area contributed by atoms with E-state index in [4.69, 9.17) is 21.1 Å². The maximum Gasteiger partial charge on any atom is 0.234 e. The predicted molar refractivity (Wildman–Crippen MR) is 151 cm³/mol. The van der Waals surface area contributed by atoms with E-state index in [0.717, 1.165) is 22.7 Å². The molecule has 0 spiro atoms. The molecule has 190 valence electrons. The molecule has 38 heavy (non-hydrogen) atoms. The van der Waals surface area contributed by atoms with E-state index in [9.17, 15) is 4.79 Å². The summed E-state index contributed by atoms with van der Waals surface area (Å²) in [5.41, 5.74) is 2.37. The molecule has 7 nitrogen and oxygen atoms in total. The molecule has 0 unspecified atom stereocenters. The van der Waals surface area contributed by atoms with Crippen LogP contribution >= 0.6 is 23.4 Å². The van der Waals surface area contributed by atoms with Crippen LogP contribution in [0.25, 0.3) is 17.1 Å². The van der Waals surface area contributed by atoms with Crippen molar-refractivity contribution >= 4 is 35.0 Å². The van der Waals surface area contributed by atoms with Crippen molar-refractivity contribution in [3.8, 4) is 34.3 Å². The lowest BCUT2D eigenvalue weighted by Crippen LogP contribution is -2.14. The number of hydrogen-bond acceptors (Lipinski definition) is 6. The van der Waals surface area contributed by atoms with E-state index in [1.807, 2.05) is 83.4 Å². The Kier molecular flexibility index (Phi) is 7.92. The number of benzene rings is 4. The molecule has 0 saturated heterocycles. The molecule has 0 fully saturated rings. The summed E-state index contributed by atoms with van der Waals surface area (Å²) in [5.74, 6) is 2.80. The summed E-state index contributed by atoms with van der Waals surface area (Å²) in [6.45, 7) is 0. The van der Waals surface area contributed by atoms with E-state index in [2.05, 4.69) is 15.5 Å². The smallest absolute Gasteiger partial charge is 0.234 e. The third-order valence-electron chi connectivity index (χ3n) is 5.52. The topological polar surface area (TPSA) is 78.3 Å². The molecule has 0 aliphatic heterocycles. The molecule has 1 heterocycles. The van der Waals surface area contributed by atoms with Crippen LogP contribution in [-0.2, 0) is 4.79 Å². The van der Waals surface area contributed by atoms with Crippen LogP contribution in [0.15, 0.2) is 108 Å². The summed E-state index contributed by atoms with van der Waals surface area (Å²) in [5, 5.41) is 12.9. The lowest BCUT2D eigenvalue weighted by molar-refractivity contribution is -0.113. The highest BCUT2D eigenvalue weighted by Crippen LogP contribution is 2.30. The fourth-order valence-electron chi connectivity index (χ4n) is 3.67. The number of halogens is 1. The first-order valence-corrected chi connectivity index (χ1v) is 13.1. The van der Waals surface area contributed by atoms with Crippen LogP contribution in [0.3, 0.4) is 0 Å². The zero-order valence-corrected chi connectivity index (χ0v) is 21.9. The quantitative estimate of drug-likeness (QED) is 0.200. The van der Waals surface area contributed by atoms with Gasteiger partial charge in [0.1, 0.15) is 17.2 Å². The first-order valence-electron chi connectivity index (χ1n) is 11.7. The standard InChI is InChI=1S/C29H23ClN4O3S/c1-36-24-17-13-23(14-18-24)34-28(20-7-9-21(30)10-8-20)32-33-29(34)38-19-27(35)31-22-11-15-26(16-12-22)37-25-5-3-2-4-6-25/h2-18H,19H2,1H3,(H,31,35). The maximum atomic E-state index is 12.8.